The number of anilines is 2. The third kappa shape index (κ3) is 4.18. The summed E-state index contributed by atoms with van der Waals surface area (Å²) in [5, 5.41) is 8.35. The van der Waals surface area contributed by atoms with Gasteiger partial charge in [0.15, 0.2) is 23.0 Å². The number of ether oxygens (including phenoxy) is 7. The summed E-state index contributed by atoms with van der Waals surface area (Å²) in [5.74, 6) is 2.61. The second-order valence-electron chi connectivity index (χ2n) is 5.61. The van der Waals surface area contributed by atoms with Crippen molar-refractivity contribution in [2.24, 2.45) is 0 Å². The molecule has 0 aliphatic heterocycles. The van der Waals surface area contributed by atoms with Gasteiger partial charge in [0.05, 0.1) is 61.1 Å². The Hall–Kier alpha value is -3.49. The molecule has 0 saturated heterocycles. The van der Waals surface area contributed by atoms with Crippen LogP contribution in [0.25, 0.3) is 0 Å². The monoisotopic (exact) mass is 406 g/mol. The second kappa shape index (κ2) is 9.63. The Morgan fingerprint density at radius 3 is 1.10 bits per heavy atom. The van der Waals surface area contributed by atoms with Crippen molar-refractivity contribution in [1.82, 2.24) is 0 Å². The van der Waals surface area contributed by atoms with E-state index in [0.717, 1.165) is 0 Å². The molecule has 0 spiro atoms. The lowest BCUT2D eigenvalue weighted by atomic mass is 10.2. The lowest BCUT2D eigenvalue weighted by molar-refractivity contribution is 0.324. The van der Waals surface area contributed by atoms with Gasteiger partial charge in [-0.2, -0.15) is 0 Å². The van der Waals surface area contributed by atoms with Gasteiger partial charge >= 0.3 is 0 Å². The molecule has 2 rings (SSSR count). The SMILES string of the molecule is COC(=N)N(c1cc(OC)c(OC)c(OC)c1)c1cc(OC)c(OC)c(OC)c1. The molecule has 9 heteroatoms. The van der Waals surface area contributed by atoms with Crippen LogP contribution in [0.15, 0.2) is 24.3 Å². The van der Waals surface area contributed by atoms with Crippen LogP contribution in [-0.2, 0) is 4.74 Å². The summed E-state index contributed by atoms with van der Waals surface area (Å²) >= 11 is 0. The largest absolute Gasteiger partial charge is 0.493 e. The number of hydrogen-bond acceptors (Lipinski definition) is 8. The average Bonchev–Trinajstić information content (AvgIpc) is 2.77. The minimum Gasteiger partial charge on any atom is -0.493 e. The number of benzene rings is 2. The van der Waals surface area contributed by atoms with Crippen LogP contribution >= 0.6 is 0 Å². The van der Waals surface area contributed by atoms with E-state index in [1.807, 2.05) is 0 Å². The van der Waals surface area contributed by atoms with Gasteiger partial charge in [-0.05, 0) is 0 Å². The van der Waals surface area contributed by atoms with Gasteiger partial charge in [-0.3, -0.25) is 10.3 Å². The molecule has 158 valence electrons. The zero-order valence-electron chi connectivity index (χ0n) is 17.6. The number of amidine groups is 1. The highest BCUT2D eigenvalue weighted by Gasteiger charge is 2.24. The molecule has 0 amide bonds. The van der Waals surface area contributed by atoms with Crippen molar-refractivity contribution in [3.8, 4) is 34.5 Å². The first-order chi connectivity index (χ1) is 14.0. The van der Waals surface area contributed by atoms with Crippen molar-refractivity contribution in [3.63, 3.8) is 0 Å². The van der Waals surface area contributed by atoms with Gasteiger partial charge in [-0.1, -0.05) is 0 Å². The Morgan fingerprint density at radius 1 is 0.586 bits per heavy atom. The number of nitrogens with one attached hydrogen (secondary N) is 1. The van der Waals surface area contributed by atoms with Crippen molar-refractivity contribution in [2.75, 3.05) is 54.7 Å². The maximum absolute atomic E-state index is 8.35. The van der Waals surface area contributed by atoms with Crippen molar-refractivity contribution in [2.45, 2.75) is 0 Å². The third-order valence-electron chi connectivity index (χ3n) is 4.21. The molecule has 9 nitrogen and oxygen atoms in total. The van der Waals surface area contributed by atoms with Crippen LogP contribution in [-0.4, -0.2) is 55.8 Å². The van der Waals surface area contributed by atoms with Gasteiger partial charge in [0.1, 0.15) is 0 Å². The van der Waals surface area contributed by atoms with Crippen molar-refractivity contribution in [1.29, 1.82) is 5.41 Å². The van der Waals surface area contributed by atoms with Gasteiger partial charge in [-0.15, -0.1) is 0 Å². The highest BCUT2D eigenvalue weighted by atomic mass is 16.5. The Labute approximate surface area is 170 Å². The molecule has 1 N–H and O–H groups in total. The van der Waals surface area contributed by atoms with Crippen molar-refractivity contribution >= 4 is 17.4 Å². The van der Waals surface area contributed by atoms with Crippen LogP contribution in [0.5, 0.6) is 34.5 Å². The molecule has 0 bridgehead atoms. The van der Waals surface area contributed by atoms with Crippen LogP contribution in [0, 0.1) is 5.41 Å². The van der Waals surface area contributed by atoms with Crippen LogP contribution < -0.4 is 33.3 Å². The molecule has 0 aromatic heterocycles. The third-order valence-corrected chi connectivity index (χ3v) is 4.21. The molecule has 2 aromatic rings. The Kier molecular flexibility index (Phi) is 7.24. The number of rotatable bonds is 8. The molecule has 29 heavy (non-hydrogen) atoms. The first kappa shape index (κ1) is 21.8. The summed E-state index contributed by atoms with van der Waals surface area (Å²) in [7, 11) is 10.5. The van der Waals surface area contributed by atoms with E-state index in [1.54, 1.807) is 24.3 Å². The first-order valence-electron chi connectivity index (χ1n) is 8.52. The Morgan fingerprint density at radius 2 is 0.897 bits per heavy atom. The van der Waals surface area contributed by atoms with Gasteiger partial charge in [0.25, 0.3) is 6.02 Å². The standard InChI is InChI=1S/C20H26N2O7/c1-23-14-8-12(9-15(24-2)18(14)27-5)22(20(21)29-7)13-10-16(25-3)19(28-6)17(11-13)26-4/h8-11,21H,1-7H3. The summed E-state index contributed by atoms with van der Waals surface area (Å²) in [6.07, 6.45) is 0. The lowest BCUT2D eigenvalue weighted by Crippen LogP contribution is -2.26. The van der Waals surface area contributed by atoms with Gasteiger partial charge < -0.3 is 33.2 Å². The summed E-state index contributed by atoms with van der Waals surface area (Å²) < 4.78 is 37.7. The molecule has 2 aromatic carbocycles. The maximum Gasteiger partial charge on any atom is 0.293 e. The van der Waals surface area contributed by atoms with E-state index < -0.39 is 0 Å². The Balaban J connectivity index is 2.76. The molecule has 0 aliphatic carbocycles. The molecule has 0 unspecified atom stereocenters. The maximum atomic E-state index is 8.35. The minimum absolute atomic E-state index is 0.145. The van der Waals surface area contributed by atoms with E-state index in [0.29, 0.717) is 45.9 Å². The van der Waals surface area contributed by atoms with Gasteiger partial charge in [0.2, 0.25) is 11.5 Å². The summed E-state index contributed by atoms with van der Waals surface area (Å²) in [4.78, 5) is 1.54. The zero-order chi connectivity index (χ0) is 21.6. The van der Waals surface area contributed by atoms with E-state index in [1.165, 1.54) is 54.7 Å². The fourth-order valence-electron chi connectivity index (χ4n) is 2.87. The van der Waals surface area contributed by atoms with Gasteiger partial charge in [-0.25, -0.2) is 0 Å². The minimum atomic E-state index is -0.145. The fraction of sp³-hybridized carbons (Fsp3) is 0.350. The predicted molar refractivity (Wildman–Crippen MR) is 109 cm³/mol. The molecule has 0 aliphatic rings. The number of nitrogens with zero attached hydrogens (tertiary/aromatic N) is 1. The first-order valence-corrected chi connectivity index (χ1v) is 8.52. The molecular formula is C20H26N2O7. The van der Waals surface area contributed by atoms with Crippen LogP contribution in [0.3, 0.4) is 0 Å². The predicted octanol–water partition coefficient (Wildman–Crippen LogP) is 3.46. The molecule has 0 atom stereocenters. The summed E-state index contributed by atoms with van der Waals surface area (Å²) in [6.45, 7) is 0. The van der Waals surface area contributed by atoms with E-state index >= 15 is 0 Å². The topological polar surface area (TPSA) is 91.7 Å². The average molecular weight is 406 g/mol. The van der Waals surface area contributed by atoms with E-state index in [-0.39, 0.29) is 6.02 Å². The van der Waals surface area contributed by atoms with Crippen LogP contribution in [0.2, 0.25) is 0 Å². The van der Waals surface area contributed by atoms with Crippen LogP contribution in [0.1, 0.15) is 0 Å². The quantitative estimate of drug-likeness (QED) is 0.526. The number of methoxy groups -OCH3 is 7. The van der Waals surface area contributed by atoms with E-state index in [2.05, 4.69) is 0 Å². The molecule has 0 heterocycles. The smallest absolute Gasteiger partial charge is 0.293 e. The molecule has 0 fully saturated rings. The number of hydrogen-bond donors (Lipinski definition) is 1. The molecular weight excluding hydrogens is 380 g/mol. The fourth-order valence-corrected chi connectivity index (χ4v) is 2.87. The molecule has 0 radical (unpaired) electrons. The Bertz CT molecular complexity index is 756. The van der Waals surface area contributed by atoms with Gasteiger partial charge in [0, 0.05) is 24.3 Å². The zero-order valence-corrected chi connectivity index (χ0v) is 17.6. The van der Waals surface area contributed by atoms with E-state index in [4.69, 9.17) is 38.6 Å². The van der Waals surface area contributed by atoms with Crippen molar-refractivity contribution < 1.29 is 33.2 Å². The second-order valence-corrected chi connectivity index (χ2v) is 5.61. The highest BCUT2D eigenvalue weighted by Crippen LogP contribution is 2.46. The molecule has 0 saturated carbocycles. The summed E-state index contributed by atoms with van der Waals surface area (Å²) in [5.41, 5.74) is 1.08. The highest BCUT2D eigenvalue weighted by molar-refractivity contribution is 5.98. The lowest BCUT2D eigenvalue weighted by Gasteiger charge is -2.26. The summed E-state index contributed by atoms with van der Waals surface area (Å²) in [6, 6.07) is 6.68. The van der Waals surface area contributed by atoms with Crippen molar-refractivity contribution in [3.05, 3.63) is 24.3 Å². The van der Waals surface area contributed by atoms with Crippen LogP contribution in [0.4, 0.5) is 11.4 Å². The normalized spacial score (nSPS) is 10.0. The van der Waals surface area contributed by atoms with E-state index in [9.17, 15) is 0 Å².